The first-order valence-electron chi connectivity index (χ1n) is 10.1. The van der Waals surface area contributed by atoms with Gasteiger partial charge in [-0.15, -0.1) is 11.8 Å². The number of fused-ring (bicyclic) bond motifs is 1. The van der Waals surface area contributed by atoms with Crippen molar-refractivity contribution in [1.82, 2.24) is 4.98 Å². The van der Waals surface area contributed by atoms with E-state index in [0.717, 1.165) is 16.5 Å². The van der Waals surface area contributed by atoms with Gasteiger partial charge in [-0.1, -0.05) is 66.2 Å². The number of hydrogen-bond acceptors (Lipinski definition) is 5. The highest BCUT2D eigenvalue weighted by Crippen LogP contribution is 2.38. The minimum absolute atomic E-state index is 0.222. The number of benzene rings is 3. The molecule has 162 valence electrons. The predicted molar refractivity (Wildman–Crippen MR) is 130 cm³/mol. The average Bonchev–Trinajstić information content (AvgIpc) is 2.82. The van der Waals surface area contributed by atoms with Crippen molar-refractivity contribution >= 4 is 40.2 Å². The number of aryl methyl sites for hydroxylation is 1. The van der Waals surface area contributed by atoms with Gasteiger partial charge in [0.1, 0.15) is 22.9 Å². The number of hydrogen-bond donors (Lipinski definition) is 0. The molecule has 0 aliphatic heterocycles. The monoisotopic (exact) mass is 463 g/mol. The minimum Gasteiger partial charge on any atom is -0.487 e. The van der Waals surface area contributed by atoms with Crippen LogP contribution in [0.15, 0.2) is 77.8 Å². The van der Waals surface area contributed by atoms with Crippen LogP contribution in [0.25, 0.3) is 10.9 Å². The van der Waals surface area contributed by atoms with E-state index >= 15 is 0 Å². The summed E-state index contributed by atoms with van der Waals surface area (Å²) < 4.78 is 11.3. The maximum atomic E-state index is 12.9. The normalized spacial score (nSPS) is 10.8. The van der Waals surface area contributed by atoms with Gasteiger partial charge in [-0.2, -0.15) is 0 Å². The molecule has 0 radical (unpaired) electrons. The Morgan fingerprint density at radius 3 is 2.41 bits per heavy atom. The van der Waals surface area contributed by atoms with Crippen molar-refractivity contribution < 1.29 is 14.3 Å². The minimum atomic E-state index is -0.482. The summed E-state index contributed by atoms with van der Waals surface area (Å²) in [6, 6.07) is 23.3. The lowest BCUT2D eigenvalue weighted by atomic mass is 10.1. The number of pyridine rings is 1. The molecule has 3 aromatic carbocycles. The van der Waals surface area contributed by atoms with Crippen molar-refractivity contribution in [2.45, 2.75) is 24.3 Å². The van der Waals surface area contributed by atoms with Crippen LogP contribution in [0.2, 0.25) is 5.02 Å². The topological polar surface area (TPSA) is 48.4 Å². The number of thioether (sulfide) groups is 1. The van der Waals surface area contributed by atoms with Crippen molar-refractivity contribution in [3.05, 3.63) is 100 Å². The van der Waals surface area contributed by atoms with E-state index in [1.807, 2.05) is 60.7 Å². The van der Waals surface area contributed by atoms with Crippen LogP contribution in [0.1, 0.15) is 27.0 Å². The highest BCUT2D eigenvalue weighted by atomic mass is 35.5. The molecule has 4 rings (SSSR count). The number of methoxy groups -OCH3 is 1. The Morgan fingerprint density at radius 2 is 1.66 bits per heavy atom. The second-order valence-corrected chi connectivity index (χ2v) is 8.60. The molecular weight excluding hydrogens is 442 g/mol. The summed E-state index contributed by atoms with van der Waals surface area (Å²) in [6.07, 6.45) is 0. The fourth-order valence-electron chi connectivity index (χ4n) is 3.38. The fourth-order valence-corrected chi connectivity index (χ4v) is 4.67. The third-order valence-electron chi connectivity index (χ3n) is 5.16. The molecule has 0 amide bonds. The van der Waals surface area contributed by atoms with Crippen LogP contribution in [-0.2, 0) is 17.1 Å². The third kappa shape index (κ3) is 4.74. The predicted octanol–water partition coefficient (Wildman–Crippen LogP) is 6.85. The van der Waals surface area contributed by atoms with E-state index < -0.39 is 5.97 Å². The lowest BCUT2D eigenvalue weighted by Gasteiger charge is -2.17. The second kappa shape index (κ2) is 10.1. The number of nitrogens with zero attached hydrogens (tertiary/aromatic N) is 1. The molecule has 0 spiro atoms. The SMILES string of the molecule is COC(=O)c1c(SCc2ccccc2C)nc2ccccc2c1OCc1ccccc1Cl. The first kappa shape index (κ1) is 22.2. The van der Waals surface area contributed by atoms with Crippen molar-refractivity contribution in [2.75, 3.05) is 7.11 Å². The first-order chi connectivity index (χ1) is 15.6. The van der Waals surface area contributed by atoms with Gasteiger partial charge in [0.05, 0.1) is 12.6 Å². The smallest absolute Gasteiger partial charge is 0.344 e. The van der Waals surface area contributed by atoms with Gasteiger partial charge in [0.15, 0.2) is 0 Å². The van der Waals surface area contributed by atoms with Gasteiger partial charge in [0.2, 0.25) is 0 Å². The van der Waals surface area contributed by atoms with E-state index in [0.29, 0.717) is 27.1 Å². The molecule has 0 unspecified atom stereocenters. The number of rotatable bonds is 7. The standard InChI is InChI=1S/C26H22ClNO3S/c1-17-9-3-4-11-19(17)16-32-25-23(26(29)30-2)24(20-12-6-8-14-22(20)28-25)31-15-18-10-5-7-13-21(18)27/h3-14H,15-16H2,1-2H3. The Kier molecular flexibility index (Phi) is 6.98. The number of halogens is 1. The molecule has 0 aliphatic carbocycles. The van der Waals surface area contributed by atoms with Gasteiger partial charge in [-0.3, -0.25) is 0 Å². The van der Waals surface area contributed by atoms with E-state index in [1.165, 1.54) is 30.0 Å². The molecule has 0 bridgehead atoms. The number of carbonyl (C=O) groups excluding carboxylic acids is 1. The van der Waals surface area contributed by atoms with Crippen molar-refractivity contribution in [3.63, 3.8) is 0 Å². The number of para-hydroxylation sites is 1. The van der Waals surface area contributed by atoms with Crippen molar-refractivity contribution in [1.29, 1.82) is 0 Å². The van der Waals surface area contributed by atoms with Gasteiger partial charge in [0.25, 0.3) is 0 Å². The van der Waals surface area contributed by atoms with E-state index in [4.69, 9.17) is 26.1 Å². The molecule has 32 heavy (non-hydrogen) atoms. The fraction of sp³-hybridized carbons (Fsp3) is 0.154. The summed E-state index contributed by atoms with van der Waals surface area (Å²) in [5.74, 6) is 0.644. The number of carbonyl (C=O) groups is 1. The molecule has 1 heterocycles. The number of esters is 1. The Hall–Kier alpha value is -3.02. The van der Waals surface area contributed by atoms with Crippen molar-refractivity contribution in [2.24, 2.45) is 0 Å². The van der Waals surface area contributed by atoms with E-state index in [1.54, 1.807) is 0 Å². The molecule has 6 heteroatoms. The molecule has 0 atom stereocenters. The van der Waals surface area contributed by atoms with Crippen LogP contribution in [0, 0.1) is 6.92 Å². The number of aromatic nitrogens is 1. The zero-order chi connectivity index (χ0) is 22.5. The Bertz CT molecular complexity index is 1280. The maximum Gasteiger partial charge on any atom is 0.344 e. The summed E-state index contributed by atoms with van der Waals surface area (Å²) in [7, 11) is 1.37. The molecular formula is C26H22ClNO3S. The molecule has 0 saturated heterocycles. The molecule has 4 nitrogen and oxygen atoms in total. The van der Waals surface area contributed by atoms with E-state index in [2.05, 4.69) is 19.1 Å². The lowest BCUT2D eigenvalue weighted by molar-refractivity contribution is 0.0590. The molecule has 0 fully saturated rings. The van der Waals surface area contributed by atoms with Gasteiger partial charge in [0, 0.05) is 21.7 Å². The Morgan fingerprint density at radius 1 is 0.969 bits per heavy atom. The van der Waals surface area contributed by atoms with Crippen LogP contribution >= 0.6 is 23.4 Å². The molecule has 0 N–H and O–H groups in total. The molecule has 1 aromatic heterocycles. The largest absolute Gasteiger partial charge is 0.487 e. The Labute approximate surface area is 196 Å². The zero-order valence-electron chi connectivity index (χ0n) is 17.8. The summed E-state index contributed by atoms with van der Waals surface area (Å²) in [5, 5.41) is 1.94. The Balaban J connectivity index is 1.78. The summed E-state index contributed by atoms with van der Waals surface area (Å²) in [5.41, 5.74) is 4.29. The number of ether oxygens (including phenoxy) is 2. The van der Waals surface area contributed by atoms with E-state index in [-0.39, 0.29) is 6.61 Å². The highest BCUT2D eigenvalue weighted by molar-refractivity contribution is 7.98. The van der Waals surface area contributed by atoms with Gasteiger partial charge < -0.3 is 9.47 Å². The molecule has 0 aliphatic rings. The van der Waals surface area contributed by atoms with Crippen LogP contribution < -0.4 is 4.74 Å². The van der Waals surface area contributed by atoms with Gasteiger partial charge >= 0.3 is 5.97 Å². The van der Waals surface area contributed by atoms with Crippen LogP contribution in [0.5, 0.6) is 5.75 Å². The third-order valence-corrected chi connectivity index (χ3v) is 6.55. The summed E-state index contributed by atoms with van der Waals surface area (Å²) >= 11 is 7.81. The molecule has 0 saturated carbocycles. The van der Waals surface area contributed by atoms with Crippen molar-refractivity contribution in [3.8, 4) is 5.75 Å². The highest BCUT2D eigenvalue weighted by Gasteiger charge is 2.24. The maximum absolute atomic E-state index is 12.9. The first-order valence-corrected chi connectivity index (χ1v) is 11.5. The summed E-state index contributed by atoms with van der Waals surface area (Å²) in [4.78, 5) is 17.7. The quantitative estimate of drug-likeness (QED) is 0.221. The van der Waals surface area contributed by atoms with Crippen LogP contribution in [0.4, 0.5) is 0 Å². The lowest BCUT2D eigenvalue weighted by Crippen LogP contribution is -2.10. The van der Waals surface area contributed by atoms with Crippen LogP contribution in [-0.4, -0.2) is 18.1 Å². The van der Waals surface area contributed by atoms with E-state index in [9.17, 15) is 4.79 Å². The average molecular weight is 464 g/mol. The zero-order valence-corrected chi connectivity index (χ0v) is 19.4. The molecule has 4 aromatic rings. The van der Waals surface area contributed by atoms with Gasteiger partial charge in [-0.05, 0) is 36.2 Å². The van der Waals surface area contributed by atoms with Gasteiger partial charge in [-0.25, -0.2) is 9.78 Å². The van der Waals surface area contributed by atoms with Crippen LogP contribution in [0.3, 0.4) is 0 Å². The second-order valence-electron chi connectivity index (χ2n) is 7.23. The summed E-state index contributed by atoms with van der Waals surface area (Å²) in [6.45, 7) is 2.29.